The van der Waals surface area contributed by atoms with Gasteiger partial charge < -0.3 is 4.74 Å². The van der Waals surface area contributed by atoms with Crippen LogP contribution in [-0.2, 0) is 11.2 Å². The van der Waals surface area contributed by atoms with E-state index in [1.807, 2.05) is 18.2 Å². The van der Waals surface area contributed by atoms with E-state index in [1.54, 1.807) is 11.8 Å². The quantitative estimate of drug-likeness (QED) is 0.612. The highest BCUT2D eigenvalue weighted by atomic mass is 35.5. The van der Waals surface area contributed by atoms with Gasteiger partial charge in [-0.25, -0.2) is 0 Å². The van der Waals surface area contributed by atoms with Crippen LogP contribution < -0.4 is 10.4 Å². The summed E-state index contributed by atoms with van der Waals surface area (Å²) < 4.78 is 4.80. The lowest BCUT2D eigenvalue weighted by atomic mass is 9.79. The van der Waals surface area contributed by atoms with Gasteiger partial charge in [-0.15, -0.1) is 0 Å². The Morgan fingerprint density at radius 3 is 2.74 bits per heavy atom. The molecule has 0 saturated heterocycles. The van der Waals surface area contributed by atoms with Crippen LogP contribution in [0.1, 0.15) is 56.1 Å². The minimum absolute atomic E-state index is 0.723. The van der Waals surface area contributed by atoms with E-state index in [2.05, 4.69) is 37.3 Å². The highest BCUT2D eigenvalue weighted by Crippen LogP contribution is 2.38. The number of rotatable bonds is 1. The molecular weight excluding hydrogens is 352 g/mol. The number of halogens is 1. The van der Waals surface area contributed by atoms with Gasteiger partial charge in [-0.05, 0) is 89.6 Å². The zero-order valence-corrected chi connectivity index (χ0v) is 16.8. The average Bonchev–Trinajstić information content (AvgIpc) is 2.74. The molecule has 1 unspecified atom stereocenters. The van der Waals surface area contributed by atoms with Gasteiger partial charge in [0, 0.05) is 10.4 Å². The third-order valence-electron chi connectivity index (χ3n) is 5.88. The molecule has 27 heavy (non-hydrogen) atoms. The summed E-state index contributed by atoms with van der Waals surface area (Å²) in [6, 6.07) is 6.89. The van der Waals surface area contributed by atoms with Crippen LogP contribution in [0.2, 0.25) is 5.02 Å². The summed E-state index contributed by atoms with van der Waals surface area (Å²) in [6.07, 6.45) is 19.5. The minimum atomic E-state index is 0.723. The number of benzene rings is 2. The number of allylic oxidation sites excluding steroid dienone is 2. The Kier molecular flexibility index (Phi) is 5.69. The Morgan fingerprint density at radius 2 is 2.04 bits per heavy atom. The number of ether oxygens (including phenoxy) is 1. The first kappa shape index (κ1) is 18.4. The molecule has 2 aromatic carbocycles. The van der Waals surface area contributed by atoms with Crippen LogP contribution in [0.3, 0.4) is 0 Å². The van der Waals surface area contributed by atoms with Crippen molar-refractivity contribution in [3.63, 3.8) is 0 Å². The third kappa shape index (κ3) is 3.71. The topological polar surface area (TPSA) is 9.23 Å². The molecule has 1 heterocycles. The summed E-state index contributed by atoms with van der Waals surface area (Å²) in [6.45, 7) is 3.04. The molecular formula is C25H27ClO. The minimum Gasteiger partial charge on any atom is -0.497 e. The first-order chi connectivity index (χ1) is 13.3. The van der Waals surface area contributed by atoms with E-state index in [1.165, 1.54) is 52.5 Å². The zero-order valence-electron chi connectivity index (χ0n) is 16.0. The molecule has 2 aliphatic carbocycles. The number of hydrogen-bond donors (Lipinski definition) is 0. The van der Waals surface area contributed by atoms with Crippen molar-refractivity contribution in [1.29, 1.82) is 0 Å². The van der Waals surface area contributed by atoms with Gasteiger partial charge in [0.1, 0.15) is 6.61 Å². The van der Waals surface area contributed by atoms with Crippen molar-refractivity contribution >= 4 is 34.5 Å². The SMILES string of the molecule is C1=CCOC=C1.CCC1CCCc2c1ccc1c3c(cc(Cl)c21)=CCCC=3. The Morgan fingerprint density at radius 1 is 1.15 bits per heavy atom. The summed E-state index contributed by atoms with van der Waals surface area (Å²) in [5.74, 6) is 0.723. The van der Waals surface area contributed by atoms with Crippen molar-refractivity contribution in [3.05, 3.63) is 69.3 Å². The molecule has 1 nitrogen and oxygen atoms in total. The zero-order chi connectivity index (χ0) is 18.6. The highest BCUT2D eigenvalue weighted by molar-refractivity contribution is 6.36. The van der Waals surface area contributed by atoms with E-state index in [0.29, 0.717) is 0 Å². The maximum Gasteiger partial charge on any atom is 0.106 e. The predicted octanol–water partition coefficient (Wildman–Crippen LogP) is 5.76. The maximum atomic E-state index is 6.69. The molecule has 0 radical (unpaired) electrons. The molecule has 1 aliphatic heterocycles. The molecule has 2 aromatic rings. The Bertz CT molecular complexity index is 1000. The molecule has 0 N–H and O–H groups in total. The van der Waals surface area contributed by atoms with Gasteiger partial charge in [0.25, 0.3) is 0 Å². The van der Waals surface area contributed by atoms with Gasteiger partial charge >= 0.3 is 0 Å². The number of fused-ring (bicyclic) bond motifs is 5. The molecule has 0 amide bonds. The summed E-state index contributed by atoms with van der Waals surface area (Å²) in [5.41, 5.74) is 3.08. The average molecular weight is 379 g/mol. The van der Waals surface area contributed by atoms with Crippen molar-refractivity contribution in [1.82, 2.24) is 0 Å². The molecule has 0 fully saturated rings. The van der Waals surface area contributed by atoms with Crippen LogP contribution in [-0.4, -0.2) is 6.61 Å². The molecule has 0 aromatic heterocycles. The van der Waals surface area contributed by atoms with Crippen molar-refractivity contribution in [2.24, 2.45) is 0 Å². The summed E-state index contributed by atoms with van der Waals surface area (Å²) >= 11 is 6.69. The summed E-state index contributed by atoms with van der Waals surface area (Å²) in [4.78, 5) is 0. The van der Waals surface area contributed by atoms with E-state index in [4.69, 9.17) is 16.3 Å². The van der Waals surface area contributed by atoms with Gasteiger partial charge in [0.15, 0.2) is 0 Å². The molecule has 140 valence electrons. The van der Waals surface area contributed by atoms with Gasteiger partial charge in [0.05, 0.1) is 6.26 Å². The van der Waals surface area contributed by atoms with Crippen LogP contribution >= 0.6 is 11.6 Å². The second kappa shape index (κ2) is 8.35. The fraction of sp³-hybridized carbons (Fsp3) is 0.360. The lowest BCUT2D eigenvalue weighted by Crippen LogP contribution is -2.28. The van der Waals surface area contributed by atoms with Crippen LogP contribution in [0, 0.1) is 0 Å². The van der Waals surface area contributed by atoms with Crippen LogP contribution in [0.15, 0.2) is 42.7 Å². The standard InChI is InChI=1S/C20H21Cl.C5H6O/c1-2-13-7-5-9-17-16(13)10-11-18-15-8-4-3-6-14(15)12-19(21)20(17)18;1-2-4-6-5-3-1/h6,8,10-13H,2-5,7,9H2,1H3;1-4H,5H2. The number of hydrogen-bond acceptors (Lipinski definition) is 1. The summed E-state index contributed by atoms with van der Waals surface area (Å²) in [7, 11) is 0. The van der Waals surface area contributed by atoms with Gasteiger partial charge in [-0.1, -0.05) is 48.9 Å². The van der Waals surface area contributed by atoms with Crippen molar-refractivity contribution < 1.29 is 4.74 Å². The summed E-state index contributed by atoms with van der Waals surface area (Å²) in [5, 5.41) is 6.37. The Labute approximate surface area is 166 Å². The van der Waals surface area contributed by atoms with Crippen LogP contribution in [0.5, 0.6) is 0 Å². The van der Waals surface area contributed by atoms with Crippen molar-refractivity contribution in [2.75, 3.05) is 6.61 Å². The van der Waals surface area contributed by atoms with Crippen molar-refractivity contribution in [3.8, 4) is 0 Å². The highest BCUT2D eigenvalue weighted by Gasteiger charge is 2.22. The Balaban J connectivity index is 0.000000257. The molecule has 3 aliphatic rings. The van der Waals surface area contributed by atoms with E-state index in [0.717, 1.165) is 30.4 Å². The fourth-order valence-corrected chi connectivity index (χ4v) is 4.90. The molecule has 0 saturated carbocycles. The van der Waals surface area contributed by atoms with Crippen LogP contribution in [0.4, 0.5) is 0 Å². The molecule has 0 spiro atoms. The third-order valence-corrected chi connectivity index (χ3v) is 6.18. The van der Waals surface area contributed by atoms with Crippen LogP contribution in [0.25, 0.3) is 22.9 Å². The van der Waals surface area contributed by atoms with E-state index in [-0.39, 0.29) is 0 Å². The predicted molar refractivity (Wildman–Crippen MR) is 117 cm³/mol. The van der Waals surface area contributed by atoms with E-state index in [9.17, 15) is 0 Å². The molecule has 5 rings (SSSR count). The van der Waals surface area contributed by atoms with Crippen molar-refractivity contribution in [2.45, 2.75) is 51.4 Å². The molecule has 1 atom stereocenters. The van der Waals surface area contributed by atoms with Gasteiger partial charge in [-0.2, -0.15) is 0 Å². The Hall–Kier alpha value is -1.99. The lowest BCUT2D eigenvalue weighted by molar-refractivity contribution is 0.286. The lowest BCUT2D eigenvalue weighted by Gasteiger charge is -2.26. The van der Waals surface area contributed by atoms with Gasteiger partial charge in [0.2, 0.25) is 0 Å². The normalized spacial score (nSPS) is 19.7. The van der Waals surface area contributed by atoms with E-state index < -0.39 is 0 Å². The second-order valence-corrected chi connectivity index (χ2v) is 7.90. The van der Waals surface area contributed by atoms with E-state index >= 15 is 0 Å². The second-order valence-electron chi connectivity index (χ2n) is 7.49. The molecule has 0 bridgehead atoms. The smallest absolute Gasteiger partial charge is 0.106 e. The monoisotopic (exact) mass is 378 g/mol. The molecule has 2 heteroatoms. The first-order valence-electron chi connectivity index (χ1n) is 10.2. The number of aryl methyl sites for hydroxylation is 1. The fourth-order valence-electron chi connectivity index (χ4n) is 4.57. The largest absolute Gasteiger partial charge is 0.497 e. The first-order valence-corrected chi connectivity index (χ1v) is 10.5. The maximum absolute atomic E-state index is 6.69. The van der Waals surface area contributed by atoms with Gasteiger partial charge in [-0.3, -0.25) is 0 Å².